The third-order valence-electron chi connectivity index (χ3n) is 5.01. The van der Waals surface area contributed by atoms with E-state index in [0.717, 1.165) is 0 Å². The van der Waals surface area contributed by atoms with Crippen molar-refractivity contribution >= 4 is 23.2 Å². The Morgan fingerprint density at radius 1 is 1.10 bits per heavy atom. The molecule has 0 bridgehead atoms. The van der Waals surface area contributed by atoms with Gasteiger partial charge in [-0.2, -0.15) is 4.98 Å². The largest absolute Gasteiger partial charge is 0.495 e. The van der Waals surface area contributed by atoms with Crippen molar-refractivity contribution in [2.24, 2.45) is 0 Å². The van der Waals surface area contributed by atoms with Crippen LogP contribution in [0.4, 0.5) is 5.69 Å². The second kappa shape index (κ2) is 8.23. The van der Waals surface area contributed by atoms with E-state index in [-0.39, 0.29) is 18.2 Å². The molecule has 0 saturated carbocycles. The van der Waals surface area contributed by atoms with Crippen LogP contribution in [0, 0.1) is 0 Å². The van der Waals surface area contributed by atoms with Crippen molar-refractivity contribution < 1.29 is 23.5 Å². The number of hydrogen-bond acceptors (Lipinski definition) is 7. The van der Waals surface area contributed by atoms with E-state index >= 15 is 0 Å². The molecule has 8 nitrogen and oxygen atoms in total. The Kier molecular flexibility index (Phi) is 5.50. The number of hydrogen-bond donors (Lipinski definition) is 0. The number of halogens is 1. The van der Waals surface area contributed by atoms with Crippen molar-refractivity contribution in [3.05, 3.63) is 47.3 Å². The highest BCUT2D eigenvalue weighted by Gasteiger charge is 2.35. The molecule has 0 unspecified atom stereocenters. The summed E-state index contributed by atoms with van der Waals surface area (Å²) in [5.41, 5.74) is 1.34. The first kappa shape index (κ1) is 20.0. The molecule has 0 spiro atoms. The maximum Gasteiger partial charge on any atom is 0.232 e. The number of methoxy groups -OCH3 is 3. The summed E-state index contributed by atoms with van der Waals surface area (Å²) in [6.07, 6.45) is 0.264. The lowest BCUT2D eigenvalue weighted by molar-refractivity contribution is -0.117. The van der Waals surface area contributed by atoms with Crippen molar-refractivity contribution in [3.63, 3.8) is 0 Å². The number of aromatic nitrogens is 2. The van der Waals surface area contributed by atoms with Gasteiger partial charge in [0.2, 0.25) is 17.6 Å². The summed E-state index contributed by atoms with van der Waals surface area (Å²) in [4.78, 5) is 18.8. The maximum atomic E-state index is 12.6. The molecule has 1 aliphatic heterocycles. The fourth-order valence-electron chi connectivity index (χ4n) is 3.52. The standard InChI is InChI=1S/C21H20ClN3O5/c1-27-16-8-7-13(10-15(16)22)25-11-12(9-18(25)26)21-23-20(24-30-21)14-5-4-6-17(28-2)19(14)29-3/h4-8,10,12H,9,11H2,1-3H3/t12-/m1/s1. The molecule has 1 aromatic heterocycles. The Morgan fingerprint density at radius 3 is 2.60 bits per heavy atom. The van der Waals surface area contributed by atoms with Crippen molar-refractivity contribution in [2.75, 3.05) is 32.8 Å². The van der Waals surface area contributed by atoms with Gasteiger partial charge in [-0.05, 0) is 30.3 Å². The van der Waals surface area contributed by atoms with Crippen LogP contribution in [0.15, 0.2) is 40.9 Å². The summed E-state index contributed by atoms with van der Waals surface area (Å²) in [6, 6.07) is 10.7. The van der Waals surface area contributed by atoms with Gasteiger partial charge >= 0.3 is 0 Å². The predicted molar refractivity (Wildman–Crippen MR) is 111 cm³/mol. The van der Waals surface area contributed by atoms with Crippen LogP contribution in [0.1, 0.15) is 18.2 Å². The van der Waals surface area contributed by atoms with Gasteiger partial charge in [0.1, 0.15) is 5.75 Å². The molecule has 30 heavy (non-hydrogen) atoms. The van der Waals surface area contributed by atoms with E-state index in [2.05, 4.69) is 10.1 Å². The zero-order chi connectivity index (χ0) is 21.3. The lowest BCUT2D eigenvalue weighted by atomic mass is 10.1. The van der Waals surface area contributed by atoms with Crippen LogP contribution in [-0.2, 0) is 4.79 Å². The number of carbonyl (C=O) groups excluding carboxylic acids is 1. The number of amides is 1. The predicted octanol–water partition coefficient (Wildman–Crippen LogP) is 3.94. The van der Waals surface area contributed by atoms with Gasteiger partial charge in [0.05, 0.1) is 37.8 Å². The monoisotopic (exact) mass is 429 g/mol. The van der Waals surface area contributed by atoms with Crippen LogP contribution in [0.3, 0.4) is 0 Å². The fraction of sp³-hybridized carbons (Fsp3) is 0.286. The molecule has 0 radical (unpaired) electrons. The summed E-state index contributed by atoms with van der Waals surface area (Å²) in [6.45, 7) is 0.415. The quantitative estimate of drug-likeness (QED) is 0.586. The van der Waals surface area contributed by atoms with Crippen LogP contribution in [0.5, 0.6) is 17.2 Å². The van der Waals surface area contributed by atoms with Crippen molar-refractivity contribution in [2.45, 2.75) is 12.3 Å². The van der Waals surface area contributed by atoms with Gasteiger partial charge in [-0.3, -0.25) is 4.79 Å². The molecule has 2 aromatic carbocycles. The highest BCUT2D eigenvalue weighted by atomic mass is 35.5. The van der Waals surface area contributed by atoms with Gasteiger partial charge in [0, 0.05) is 18.7 Å². The Labute approximate surface area is 178 Å². The zero-order valence-corrected chi connectivity index (χ0v) is 17.5. The molecule has 3 aromatic rings. The molecule has 1 aliphatic rings. The van der Waals surface area contributed by atoms with Gasteiger partial charge < -0.3 is 23.6 Å². The number of rotatable bonds is 6. The zero-order valence-electron chi connectivity index (χ0n) is 16.7. The van der Waals surface area contributed by atoms with Crippen molar-refractivity contribution in [3.8, 4) is 28.6 Å². The number of nitrogens with zero attached hydrogens (tertiary/aromatic N) is 3. The minimum Gasteiger partial charge on any atom is -0.495 e. The SMILES string of the molecule is COc1ccc(N2C[C@H](c3nc(-c4cccc(OC)c4OC)no3)CC2=O)cc1Cl. The summed E-state index contributed by atoms with van der Waals surface area (Å²) in [5, 5.41) is 4.53. The number of anilines is 1. The molecule has 9 heteroatoms. The molecule has 2 heterocycles. The summed E-state index contributed by atoms with van der Waals surface area (Å²) in [7, 11) is 4.66. The molecule has 1 fully saturated rings. The maximum absolute atomic E-state index is 12.6. The second-order valence-corrected chi connectivity index (χ2v) is 7.13. The first-order valence-electron chi connectivity index (χ1n) is 9.24. The molecule has 0 aliphatic carbocycles. The van der Waals surface area contributed by atoms with Gasteiger partial charge in [-0.25, -0.2) is 0 Å². The molecule has 156 valence electrons. The van der Waals surface area contributed by atoms with Crippen LogP contribution in [-0.4, -0.2) is 43.9 Å². The van der Waals surface area contributed by atoms with E-state index in [9.17, 15) is 4.79 Å². The second-order valence-electron chi connectivity index (χ2n) is 6.72. The van der Waals surface area contributed by atoms with Crippen LogP contribution >= 0.6 is 11.6 Å². The molecule has 1 saturated heterocycles. The minimum absolute atomic E-state index is 0.0417. The topological polar surface area (TPSA) is 86.9 Å². The summed E-state index contributed by atoms with van der Waals surface area (Å²) < 4.78 is 21.4. The minimum atomic E-state index is -0.226. The Morgan fingerprint density at radius 2 is 1.90 bits per heavy atom. The lowest BCUT2D eigenvalue weighted by Crippen LogP contribution is -2.24. The molecule has 4 rings (SSSR count). The van der Waals surface area contributed by atoms with E-state index in [1.54, 1.807) is 50.5 Å². The number of para-hydroxylation sites is 1. The smallest absolute Gasteiger partial charge is 0.232 e. The number of ether oxygens (including phenoxy) is 3. The Hall–Kier alpha value is -3.26. The normalized spacial score (nSPS) is 16.1. The molecule has 0 N–H and O–H groups in total. The van der Waals surface area contributed by atoms with Crippen LogP contribution in [0.25, 0.3) is 11.4 Å². The van der Waals surface area contributed by atoms with E-state index in [1.165, 1.54) is 0 Å². The number of carbonyl (C=O) groups is 1. The fourth-order valence-corrected chi connectivity index (χ4v) is 3.77. The average Bonchev–Trinajstić information content (AvgIpc) is 3.40. The number of benzene rings is 2. The highest BCUT2D eigenvalue weighted by molar-refractivity contribution is 6.32. The average molecular weight is 430 g/mol. The van der Waals surface area contributed by atoms with Crippen LogP contribution in [0.2, 0.25) is 5.02 Å². The Balaban J connectivity index is 1.58. The lowest BCUT2D eigenvalue weighted by Gasteiger charge is -2.17. The first-order valence-corrected chi connectivity index (χ1v) is 9.62. The third kappa shape index (κ3) is 3.54. The molecule has 1 amide bonds. The van der Waals surface area contributed by atoms with Gasteiger partial charge in [0.25, 0.3) is 0 Å². The molecule has 1 atom stereocenters. The first-order chi connectivity index (χ1) is 14.5. The van der Waals surface area contributed by atoms with Crippen LogP contribution < -0.4 is 19.1 Å². The molecular weight excluding hydrogens is 410 g/mol. The van der Waals surface area contributed by atoms with Gasteiger partial charge in [-0.15, -0.1) is 0 Å². The van der Waals surface area contributed by atoms with E-state index < -0.39 is 0 Å². The highest BCUT2D eigenvalue weighted by Crippen LogP contribution is 2.38. The third-order valence-corrected chi connectivity index (χ3v) is 5.30. The van der Waals surface area contributed by atoms with Crippen molar-refractivity contribution in [1.82, 2.24) is 10.1 Å². The van der Waals surface area contributed by atoms with E-state index in [4.69, 9.17) is 30.3 Å². The Bertz CT molecular complexity index is 1080. The van der Waals surface area contributed by atoms with Gasteiger partial charge in [-0.1, -0.05) is 22.8 Å². The summed E-state index contributed by atoms with van der Waals surface area (Å²) in [5.74, 6) is 2.14. The van der Waals surface area contributed by atoms with Gasteiger partial charge in [0.15, 0.2) is 11.5 Å². The van der Waals surface area contributed by atoms with E-state index in [1.807, 2.05) is 12.1 Å². The summed E-state index contributed by atoms with van der Waals surface area (Å²) >= 11 is 6.21. The van der Waals surface area contributed by atoms with Crippen molar-refractivity contribution in [1.29, 1.82) is 0 Å². The molecular formula is C21H20ClN3O5. The van der Waals surface area contributed by atoms with E-state index in [0.29, 0.717) is 51.8 Å².